The summed E-state index contributed by atoms with van der Waals surface area (Å²) in [5, 5.41) is 0. The summed E-state index contributed by atoms with van der Waals surface area (Å²) in [5.41, 5.74) is 4.04. The molecule has 1 atom stereocenters. The zero-order valence-electron chi connectivity index (χ0n) is 20.6. The van der Waals surface area contributed by atoms with Crippen LogP contribution in [-0.2, 0) is 29.0 Å². The smallest absolute Gasteiger partial charge is 0.410 e. The fraction of sp³-hybridized carbons (Fsp3) is 0.481. The number of ether oxygens (including phenoxy) is 2. The summed E-state index contributed by atoms with van der Waals surface area (Å²) in [6.45, 7) is 11.2. The predicted octanol–water partition coefficient (Wildman–Crippen LogP) is 4.83. The van der Waals surface area contributed by atoms with Crippen molar-refractivity contribution >= 4 is 17.9 Å². The van der Waals surface area contributed by atoms with Crippen molar-refractivity contribution in [1.29, 1.82) is 0 Å². The van der Waals surface area contributed by atoms with Gasteiger partial charge in [-0.15, -0.1) is 0 Å². The number of carbonyl (C=O) groups is 2. The molecule has 2 aromatic carbocycles. The number of benzene rings is 2. The van der Waals surface area contributed by atoms with E-state index >= 15 is 0 Å². The van der Waals surface area contributed by atoms with Gasteiger partial charge in [-0.3, -0.25) is 0 Å². The van der Waals surface area contributed by atoms with Crippen LogP contribution in [0.5, 0.6) is 0 Å². The van der Waals surface area contributed by atoms with Crippen molar-refractivity contribution in [3.8, 4) is 0 Å². The number of nitrogens with zero attached hydrogens (tertiary/aromatic N) is 3. The largest absolute Gasteiger partial charge is 0.445 e. The van der Waals surface area contributed by atoms with E-state index in [2.05, 4.69) is 30.0 Å². The fourth-order valence-corrected chi connectivity index (χ4v) is 4.59. The first-order valence-electron chi connectivity index (χ1n) is 12.0. The number of rotatable bonds is 3. The highest BCUT2D eigenvalue weighted by molar-refractivity contribution is 5.71. The lowest BCUT2D eigenvalue weighted by Crippen LogP contribution is -2.55. The number of piperazine rings is 1. The monoisotopic (exact) mass is 465 g/mol. The van der Waals surface area contributed by atoms with E-state index in [0.29, 0.717) is 26.2 Å². The third kappa shape index (κ3) is 5.64. The number of amides is 2. The van der Waals surface area contributed by atoms with Crippen molar-refractivity contribution in [3.63, 3.8) is 0 Å². The normalized spacial score (nSPS) is 18.4. The van der Waals surface area contributed by atoms with Crippen molar-refractivity contribution < 1.29 is 19.1 Å². The zero-order valence-corrected chi connectivity index (χ0v) is 20.6. The Morgan fingerprint density at radius 3 is 2.44 bits per heavy atom. The molecule has 2 amide bonds. The highest BCUT2D eigenvalue weighted by Gasteiger charge is 2.33. The Kier molecular flexibility index (Phi) is 7.00. The summed E-state index contributed by atoms with van der Waals surface area (Å²) < 4.78 is 11.2. The third-order valence-corrected chi connectivity index (χ3v) is 6.31. The van der Waals surface area contributed by atoms with E-state index in [1.165, 1.54) is 11.1 Å². The second kappa shape index (κ2) is 9.95. The molecule has 0 bridgehead atoms. The molecule has 1 saturated heterocycles. The predicted molar refractivity (Wildman–Crippen MR) is 132 cm³/mol. The van der Waals surface area contributed by atoms with Gasteiger partial charge in [-0.05, 0) is 56.9 Å². The molecule has 0 N–H and O–H groups in total. The second-order valence-electron chi connectivity index (χ2n) is 10.1. The van der Waals surface area contributed by atoms with E-state index in [4.69, 9.17) is 9.47 Å². The van der Waals surface area contributed by atoms with Gasteiger partial charge in [0.05, 0.1) is 6.54 Å². The van der Waals surface area contributed by atoms with Crippen molar-refractivity contribution in [3.05, 3.63) is 65.2 Å². The molecule has 7 nitrogen and oxygen atoms in total. The van der Waals surface area contributed by atoms with Crippen LogP contribution in [0, 0.1) is 0 Å². The molecule has 2 heterocycles. The van der Waals surface area contributed by atoms with Gasteiger partial charge in [0.1, 0.15) is 12.2 Å². The van der Waals surface area contributed by atoms with Crippen LogP contribution in [0.25, 0.3) is 0 Å². The Hall–Kier alpha value is -3.22. The number of hydrogen-bond acceptors (Lipinski definition) is 5. The molecule has 2 aliphatic heterocycles. The quantitative estimate of drug-likeness (QED) is 0.650. The molecule has 0 saturated carbocycles. The van der Waals surface area contributed by atoms with Crippen LogP contribution < -0.4 is 4.90 Å². The Labute approximate surface area is 202 Å². The first-order valence-corrected chi connectivity index (χ1v) is 12.0. The highest BCUT2D eigenvalue weighted by Crippen LogP contribution is 2.31. The SMILES string of the molecule is C[C@@H]1CN(c2cccc3c2CN(C(=O)OCc2ccccc2)CC3)CCN1C(=O)OC(C)(C)C. The van der Waals surface area contributed by atoms with Crippen molar-refractivity contribution in [2.24, 2.45) is 0 Å². The second-order valence-corrected chi connectivity index (χ2v) is 10.1. The topological polar surface area (TPSA) is 62.3 Å². The molecule has 0 aromatic heterocycles. The molecule has 182 valence electrons. The van der Waals surface area contributed by atoms with E-state index in [9.17, 15) is 9.59 Å². The molecule has 7 heteroatoms. The van der Waals surface area contributed by atoms with E-state index in [-0.39, 0.29) is 24.8 Å². The Bertz CT molecular complexity index is 1020. The lowest BCUT2D eigenvalue weighted by atomic mass is 9.97. The van der Waals surface area contributed by atoms with E-state index in [1.54, 1.807) is 4.90 Å². The van der Waals surface area contributed by atoms with Crippen LogP contribution in [0.3, 0.4) is 0 Å². The molecular weight excluding hydrogens is 430 g/mol. The Morgan fingerprint density at radius 1 is 0.971 bits per heavy atom. The van der Waals surface area contributed by atoms with Gasteiger partial charge >= 0.3 is 12.2 Å². The minimum absolute atomic E-state index is 0.0231. The van der Waals surface area contributed by atoms with Gasteiger partial charge in [-0.1, -0.05) is 42.5 Å². The van der Waals surface area contributed by atoms with Gasteiger partial charge in [0, 0.05) is 37.9 Å². The maximum Gasteiger partial charge on any atom is 0.410 e. The lowest BCUT2D eigenvalue weighted by Gasteiger charge is -2.42. The average Bonchev–Trinajstić information content (AvgIpc) is 2.81. The first kappa shape index (κ1) is 23.9. The number of fused-ring (bicyclic) bond motifs is 1. The summed E-state index contributed by atoms with van der Waals surface area (Å²) in [7, 11) is 0. The third-order valence-electron chi connectivity index (χ3n) is 6.31. The zero-order chi connectivity index (χ0) is 24.3. The highest BCUT2D eigenvalue weighted by atomic mass is 16.6. The maximum atomic E-state index is 12.8. The molecule has 2 aliphatic rings. The van der Waals surface area contributed by atoms with E-state index < -0.39 is 5.60 Å². The minimum Gasteiger partial charge on any atom is -0.445 e. The molecule has 0 radical (unpaired) electrons. The van der Waals surface area contributed by atoms with Gasteiger partial charge in [0.15, 0.2) is 0 Å². The molecule has 0 spiro atoms. The molecule has 1 fully saturated rings. The van der Waals surface area contributed by atoms with Gasteiger partial charge < -0.3 is 24.2 Å². The molecule has 2 aromatic rings. The van der Waals surface area contributed by atoms with Gasteiger partial charge in [0.25, 0.3) is 0 Å². The minimum atomic E-state index is -0.509. The summed E-state index contributed by atoms with van der Waals surface area (Å²) in [6, 6.07) is 16.1. The lowest BCUT2D eigenvalue weighted by molar-refractivity contribution is 0.0158. The van der Waals surface area contributed by atoms with Crippen molar-refractivity contribution in [2.75, 3.05) is 31.1 Å². The number of anilines is 1. The molecule has 0 unspecified atom stereocenters. The van der Waals surface area contributed by atoms with Crippen LogP contribution in [0.2, 0.25) is 0 Å². The molecule has 0 aliphatic carbocycles. The van der Waals surface area contributed by atoms with E-state index in [1.807, 2.05) is 56.0 Å². The number of hydrogen-bond donors (Lipinski definition) is 0. The maximum absolute atomic E-state index is 12.8. The molecule has 34 heavy (non-hydrogen) atoms. The van der Waals surface area contributed by atoms with Crippen molar-refractivity contribution in [1.82, 2.24) is 9.80 Å². The van der Waals surface area contributed by atoms with Crippen LogP contribution in [0.1, 0.15) is 44.4 Å². The van der Waals surface area contributed by atoms with Crippen molar-refractivity contribution in [2.45, 2.75) is 58.9 Å². The Morgan fingerprint density at radius 2 is 1.74 bits per heavy atom. The fourth-order valence-electron chi connectivity index (χ4n) is 4.59. The van der Waals surface area contributed by atoms with Crippen LogP contribution in [0.4, 0.5) is 15.3 Å². The van der Waals surface area contributed by atoms with Gasteiger partial charge in [-0.25, -0.2) is 9.59 Å². The summed E-state index contributed by atoms with van der Waals surface area (Å²) in [4.78, 5) is 31.3. The van der Waals surface area contributed by atoms with E-state index in [0.717, 1.165) is 24.2 Å². The summed E-state index contributed by atoms with van der Waals surface area (Å²) in [6.07, 6.45) is 0.256. The Balaban J connectivity index is 1.42. The average molecular weight is 466 g/mol. The summed E-state index contributed by atoms with van der Waals surface area (Å²) in [5.74, 6) is 0. The standard InChI is InChI=1S/C27H35N3O4/c1-20-17-28(15-16-30(20)26(32)34-27(2,3)4)24-12-8-11-22-13-14-29(18-23(22)24)25(31)33-19-21-9-6-5-7-10-21/h5-12,20H,13-19H2,1-4H3/t20-/m1/s1. The summed E-state index contributed by atoms with van der Waals surface area (Å²) >= 11 is 0. The first-order chi connectivity index (χ1) is 16.2. The van der Waals surface area contributed by atoms with Gasteiger partial charge in [-0.2, -0.15) is 0 Å². The molecule has 4 rings (SSSR count). The van der Waals surface area contributed by atoms with Gasteiger partial charge in [0.2, 0.25) is 0 Å². The number of carbonyl (C=O) groups excluding carboxylic acids is 2. The van der Waals surface area contributed by atoms with Crippen LogP contribution in [-0.4, -0.2) is 59.8 Å². The van der Waals surface area contributed by atoms with Crippen LogP contribution >= 0.6 is 0 Å². The molecular formula is C27H35N3O4. The van der Waals surface area contributed by atoms with Crippen LogP contribution in [0.15, 0.2) is 48.5 Å².